The predicted molar refractivity (Wildman–Crippen MR) is 73.9 cm³/mol. The summed E-state index contributed by atoms with van der Waals surface area (Å²) in [6.45, 7) is 2.96. The van der Waals surface area contributed by atoms with Crippen molar-refractivity contribution in [3.05, 3.63) is 17.8 Å². The van der Waals surface area contributed by atoms with E-state index in [9.17, 15) is 8.42 Å². The van der Waals surface area contributed by atoms with E-state index >= 15 is 0 Å². The van der Waals surface area contributed by atoms with Gasteiger partial charge < -0.3 is 4.74 Å². The van der Waals surface area contributed by atoms with E-state index in [4.69, 9.17) is 4.74 Å². The van der Waals surface area contributed by atoms with Gasteiger partial charge >= 0.3 is 0 Å². The Bertz CT molecular complexity index is 561. The van der Waals surface area contributed by atoms with Crippen LogP contribution in [-0.2, 0) is 10.0 Å². The first kappa shape index (κ1) is 13.8. The van der Waals surface area contributed by atoms with Gasteiger partial charge in [0, 0.05) is 19.2 Å². The first-order valence-corrected chi connectivity index (χ1v) is 8.52. The maximum Gasteiger partial charge on any atom is 0.233 e. The van der Waals surface area contributed by atoms with Crippen LogP contribution < -0.4 is 4.74 Å². The molecule has 2 heterocycles. The van der Waals surface area contributed by atoms with Gasteiger partial charge in [0.05, 0.1) is 10.9 Å². The molecule has 0 atom stereocenters. The van der Waals surface area contributed by atoms with Crippen LogP contribution in [-0.4, -0.2) is 47.4 Å². The normalized spacial score (nSPS) is 21.9. The molecule has 2 aliphatic rings. The molecule has 3 rings (SSSR count). The molecule has 1 aliphatic carbocycles. The van der Waals surface area contributed by atoms with Crippen LogP contribution in [0.5, 0.6) is 5.88 Å². The van der Waals surface area contributed by atoms with E-state index in [2.05, 4.69) is 10.2 Å². The standard InChI is InChI=1S/C13H19N3O3S/c1-10-2-5-13(15-14-10)19-11-6-8-16(9-7-11)20(17,18)12-3-4-12/h2,5,11-12H,3-4,6-9H2,1H3. The molecule has 0 unspecified atom stereocenters. The van der Waals surface area contributed by atoms with E-state index in [-0.39, 0.29) is 11.4 Å². The van der Waals surface area contributed by atoms with Crippen molar-refractivity contribution in [2.75, 3.05) is 13.1 Å². The molecule has 6 nitrogen and oxygen atoms in total. The van der Waals surface area contributed by atoms with E-state index in [1.807, 2.05) is 13.0 Å². The number of aromatic nitrogens is 2. The summed E-state index contributed by atoms with van der Waals surface area (Å²) in [5.74, 6) is 0.513. The van der Waals surface area contributed by atoms with Gasteiger partial charge in [0.1, 0.15) is 6.10 Å². The molecular weight excluding hydrogens is 278 g/mol. The third-order valence-electron chi connectivity index (χ3n) is 3.77. The predicted octanol–water partition coefficient (Wildman–Crippen LogP) is 1.12. The number of sulfonamides is 1. The highest BCUT2D eigenvalue weighted by atomic mass is 32.2. The molecule has 110 valence electrons. The van der Waals surface area contributed by atoms with Crippen molar-refractivity contribution in [3.63, 3.8) is 0 Å². The molecule has 1 aromatic heterocycles. The second kappa shape index (κ2) is 5.29. The van der Waals surface area contributed by atoms with Crippen LogP contribution in [0.15, 0.2) is 12.1 Å². The zero-order valence-electron chi connectivity index (χ0n) is 11.5. The number of nitrogens with zero attached hydrogens (tertiary/aromatic N) is 3. The molecule has 7 heteroatoms. The lowest BCUT2D eigenvalue weighted by Gasteiger charge is -2.31. The second-order valence-electron chi connectivity index (χ2n) is 5.47. The average Bonchev–Trinajstić information content (AvgIpc) is 3.27. The van der Waals surface area contributed by atoms with Gasteiger partial charge in [-0.25, -0.2) is 12.7 Å². The molecule has 0 spiro atoms. The maximum atomic E-state index is 12.1. The van der Waals surface area contributed by atoms with E-state index < -0.39 is 10.0 Å². The van der Waals surface area contributed by atoms with Crippen molar-refractivity contribution in [2.45, 2.75) is 44.0 Å². The van der Waals surface area contributed by atoms with E-state index in [1.165, 1.54) is 0 Å². The van der Waals surface area contributed by atoms with Crippen LogP contribution in [0.4, 0.5) is 0 Å². The van der Waals surface area contributed by atoms with Crippen LogP contribution in [0.3, 0.4) is 0 Å². The zero-order valence-corrected chi connectivity index (χ0v) is 12.3. The number of aryl methyl sites for hydroxylation is 1. The lowest BCUT2D eigenvalue weighted by atomic mass is 10.1. The smallest absolute Gasteiger partial charge is 0.233 e. The van der Waals surface area contributed by atoms with Crippen LogP contribution in [0.25, 0.3) is 0 Å². The SMILES string of the molecule is Cc1ccc(OC2CCN(S(=O)(=O)C3CC3)CC2)nn1. The molecule has 1 aromatic rings. The quantitative estimate of drug-likeness (QED) is 0.832. The van der Waals surface area contributed by atoms with Gasteiger partial charge in [0.2, 0.25) is 15.9 Å². The minimum atomic E-state index is -3.04. The lowest BCUT2D eigenvalue weighted by molar-refractivity contribution is 0.128. The third-order valence-corrected chi connectivity index (χ3v) is 6.17. The lowest BCUT2D eigenvalue weighted by Crippen LogP contribution is -2.43. The summed E-state index contributed by atoms with van der Waals surface area (Å²) in [7, 11) is -3.04. The number of hydrogen-bond acceptors (Lipinski definition) is 5. The molecule has 1 saturated heterocycles. The Hall–Kier alpha value is -1.21. The monoisotopic (exact) mass is 297 g/mol. The summed E-state index contributed by atoms with van der Waals surface area (Å²) >= 11 is 0. The van der Waals surface area contributed by atoms with Gasteiger partial charge in [-0.05, 0) is 38.7 Å². The Morgan fingerprint density at radius 1 is 1.15 bits per heavy atom. The van der Waals surface area contributed by atoms with Gasteiger partial charge in [-0.15, -0.1) is 5.10 Å². The van der Waals surface area contributed by atoms with Crippen LogP contribution >= 0.6 is 0 Å². The van der Waals surface area contributed by atoms with Crippen molar-refractivity contribution in [1.82, 2.24) is 14.5 Å². The highest BCUT2D eigenvalue weighted by Gasteiger charge is 2.41. The third kappa shape index (κ3) is 2.93. The summed E-state index contributed by atoms with van der Waals surface area (Å²) in [5, 5.41) is 7.80. The minimum Gasteiger partial charge on any atom is -0.473 e. The molecule has 0 radical (unpaired) electrons. The molecule has 2 fully saturated rings. The molecule has 0 amide bonds. The van der Waals surface area contributed by atoms with Crippen LogP contribution in [0, 0.1) is 6.92 Å². The van der Waals surface area contributed by atoms with Crippen molar-refractivity contribution in [3.8, 4) is 5.88 Å². The molecule has 20 heavy (non-hydrogen) atoms. The topological polar surface area (TPSA) is 72.4 Å². The first-order valence-electron chi connectivity index (χ1n) is 7.01. The summed E-state index contributed by atoms with van der Waals surface area (Å²) in [6.07, 6.45) is 3.08. The Balaban J connectivity index is 1.54. The van der Waals surface area contributed by atoms with Crippen LogP contribution in [0.1, 0.15) is 31.4 Å². The molecule has 1 aliphatic heterocycles. The van der Waals surface area contributed by atoms with Crippen molar-refractivity contribution in [2.24, 2.45) is 0 Å². The largest absolute Gasteiger partial charge is 0.473 e. The Kier molecular flexibility index (Phi) is 3.64. The Morgan fingerprint density at radius 2 is 1.85 bits per heavy atom. The van der Waals surface area contributed by atoms with Crippen molar-refractivity contribution >= 4 is 10.0 Å². The Morgan fingerprint density at radius 3 is 2.40 bits per heavy atom. The van der Waals surface area contributed by atoms with Crippen molar-refractivity contribution < 1.29 is 13.2 Å². The Labute approximate surface area is 119 Å². The fraction of sp³-hybridized carbons (Fsp3) is 0.692. The van der Waals surface area contributed by atoms with Crippen molar-refractivity contribution in [1.29, 1.82) is 0 Å². The molecule has 1 saturated carbocycles. The van der Waals surface area contributed by atoms with Gasteiger partial charge in [-0.3, -0.25) is 0 Å². The summed E-state index contributed by atoms with van der Waals surface area (Å²) < 4.78 is 31.6. The van der Waals surface area contributed by atoms with E-state index in [1.54, 1.807) is 10.4 Å². The van der Waals surface area contributed by atoms with Gasteiger partial charge in [0.15, 0.2) is 0 Å². The highest BCUT2D eigenvalue weighted by Crippen LogP contribution is 2.32. The number of rotatable bonds is 4. The molecule has 0 N–H and O–H groups in total. The first-order chi connectivity index (χ1) is 9.55. The molecular formula is C13H19N3O3S. The fourth-order valence-electron chi connectivity index (χ4n) is 2.40. The summed E-state index contributed by atoms with van der Waals surface area (Å²) in [5.41, 5.74) is 0.850. The van der Waals surface area contributed by atoms with Gasteiger partial charge in [0.25, 0.3) is 0 Å². The maximum absolute atomic E-state index is 12.1. The van der Waals surface area contributed by atoms with Gasteiger partial charge in [-0.2, -0.15) is 5.10 Å². The number of piperidine rings is 1. The molecule has 0 bridgehead atoms. The highest BCUT2D eigenvalue weighted by molar-refractivity contribution is 7.90. The summed E-state index contributed by atoms with van der Waals surface area (Å²) in [4.78, 5) is 0. The second-order valence-corrected chi connectivity index (χ2v) is 7.69. The van der Waals surface area contributed by atoms with Gasteiger partial charge in [-0.1, -0.05) is 0 Å². The number of ether oxygens (including phenoxy) is 1. The zero-order chi connectivity index (χ0) is 14.2. The minimum absolute atomic E-state index is 0.0256. The average molecular weight is 297 g/mol. The molecule has 0 aromatic carbocycles. The fourth-order valence-corrected chi connectivity index (χ4v) is 4.27. The van der Waals surface area contributed by atoms with E-state index in [0.29, 0.717) is 31.8 Å². The number of hydrogen-bond donors (Lipinski definition) is 0. The van der Waals surface area contributed by atoms with Crippen LogP contribution in [0.2, 0.25) is 0 Å². The van der Waals surface area contributed by atoms with E-state index in [0.717, 1.165) is 18.5 Å². The summed E-state index contributed by atoms with van der Waals surface area (Å²) in [6, 6.07) is 3.66.